The Morgan fingerprint density at radius 2 is 1.81 bits per heavy atom. The number of nitrogens with zero attached hydrogens (tertiary/aromatic N) is 1. The van der Waals surface area contributed by atoms with E-state index in [1.807, 2.05) is 29.7 Å². The molecular weight excluding hydrogens is 414 g/mol. The van der Waals surface area contributed by atoms with Crippen molar-refractivity contribution in [2.75, 3.05) is 13.2 Å². The molecule has 0 saturated heterocycles. The van der Waals surface area contributed by atoms with Gasteiger partial charge in [-0.2, -0.15) is 0 Å². The van der Waals surface area contributed by atoms with Crippen LogP contribution in [-0.4, -0.2) is 23.7 Å². The van der Waals surface area contributed by atoms with Crippen molar-refractivity contribution in [1.82, 2.24) is 4.57 Å². The van der Waals surface area contributed by atoms with Gasteiger partial charge in [0, 0.05) is 23.5 Å². The molecule has 5 nitrogen and oxygen atoms in total. The minimum Gasteiger partial charge on any atom is -0.486 e. The summed E-state index contributed by atoms with van der Waals surface area (Å²) in [4.78, 5) is 12.5. The highest BCUT2D eigenvalue weighted by Crippen LogP contribution is 2.39. The van der Waals surface area contributed by atoms with Crippen molar-refractivity contribution >= 4 is 5.91 Å². The van der Waals surface area contributed by atoms with Crippen LogP contribution in [0.25, 0.3) is 11.1 Å². The molecule has 32 heavy (non-hydrogen) atoms. The third kappa shape index (κ3) is 4.07. The minimum absolute atomic E-state index is 0.299. The topological polar surface area (TPSA) is 66.5 Å². The lowest BCUT2D eigenvalue weighted by Gasteiger charge is -2.19. The van der Waals surface area contributed by atoms with Crippen molar-refractivity contribution in [3.05, 3.63) is 70.5 Å². The third-order valence-corrected chi connectivity index (χ3v) is 5.80. The van der Waals surface area contributed by atoms with Gasteiger partial charge in [0.2, 0.25) is 0 Å². The van der Waals surface area contributed by atoms with Crippen molar-refractivity contribution in [3.8, 4) is 22.6 Å². The number of rotatable bonds is 7. The first-order valence-corrected chi connectivity index (χ1v) is 10.8. The Hall–Kier alpha value is -3.35. The minimum atomic E-state index is -0.899. The van der Waals surface area contributed by atoms with E-state index in [9.17, 15) is 13.6 Å². The first-order chi connectivity index (χ1) is 15.4. The van der Waals surface area contributed by atoms with Crippen molar-refractivity contribution in [3.63, 3.8) is 0 Å². The molecule has 0 unspecified atom stereocenters. The number of hydrogen-bond donors (Lipinski definition) is 1. The highest BCUT2D eigenvalue weighted by molar-refractivity contribution is 6.02. The van der Waals surface area contributed by atoms with Crippen LogP contribution in [0.1, 0.15) is 47.1 Å². The van der Waals surface area contributed by atoms with Gasteiger partial charge in [0.15, 0.2) is 23.1 Å². The van der Waals surface area contributed by atoms with Crippen LogP contribution >= 0.6 is 0 Å². The molecule has 3 aromatic rings. The van der Waals surface area contributed by atoms with E-state index in [2.05, 4.69) is 6.92 Å². The van der Waals surface area contributed by atoms with Gasteiger partial charge in [0.25, 0.3) is 5.91 Å². The Balaban J connectivity index is 1.88. The summed E-state index contributed by atoms with van der Waals surface area (Å²) in [6, 6.07) is 9.45. The molecule has 0 radical (unpaired) electrons. The molecule has 2 heterocycles. The van der Waals surface area contributed by atoms with Gasteiger partial charge in [0.05, 0.1) is 5.56 Å². The average Bonchev–Trinajstić information content (AvgIpc) is 3.06. The molecule has 1 aromatic heterocycles. The fraction of sp³-hybridized carbons (Fsp3) is 0.320. The first kappa shape index (κ1) is 21.9. The van der Waals surface area contributed by atoms with E-state index in [-0.39, 0.29) is 0 Å². The molecule has 168 valence electrons. The fourth-order valence-electron chi connectivity index (χ4n) is 4.25. The maximum absolute atomic E-state index is 13.8. The van der Waals surface area contributed by atoms with Crippen LogP contribution in [-0.2, 0) is 13.0 Å². The van der Waals surface area contributed by atoms with E-state index in [0.29, 0.717) is 54.5 Å². The second-order valence-electron chi connectivity index (χ2n) is 7.94. The van der Waals surface area contributed by atoms with Crippen molar-refractivity contribution in [2.45, 2.75) is 39.7 Å². The van der Waals surface area contributed by atoms with Crippen molar-refractivity contribution < 1.29 is 23.0 Å². The number of aromatic nitrogens is 1. The number of amides is 1. The fourth-order valence-corrected chi connectivity index (χ4v) is 4.25. The van der Waals surface area contributed by atoms with Crippen LogP contribution in [0.15, 0.2) is 36.4 Å². The molecule has 0 atom stereocenters. The zero-order valence-corrected chi connectivity index (χ0v) is 18.2. The zero-order valence-electron chi connectivity index (χ0n) is 18.2. The molecule has 1 aliphatic heterocycles. The van der Waals surface area contributed by atoms with Crippen LogP contribution < -0.4 is 15.2 Å². The number of benzene rings is 2. The molecule has 0 saturated carbocycles. The van der Waals surface area contributed by atoms with E-state index in [1.54, 1.807) is 6.07 Å². The molecule has 2 N–H and O–H groups in total. The normalized spacial score (nSPS) is 12.8. The van der Waals surface area contributed by atoms with E-state index < -0.39 is 17.5 Å². The Kier molecular flexibility index (Phi) is 6.17. The van der Waals surface area contributed by atoms with Crippen LogP contribution in [0, 0.1) is 18.6 Å². The standard InChI is InChI=1S/C25H26F2N2O3/c1-3-4-5-20-24(17-7-9-21-22(13-17)32-11-10-31-21)23(25(28)30)15(2)29(20)14-16-6-8-18(26)19(27)12-16/h6-9,12-13H,3-5,10-11,14H2,1-2H3,(H2,28,30). The summed E-state index contributed by atoms with van der Waals surface area (Å²) in [6.45, 7) is 5.17. The van der Waals surface area contributed by atoms with Gasteiger partial charge in [-0.05, 0) is 55.2 Å². The van der Waals surface area contributed by atoms with Crippen molar-refractivity contribution in [1.29, 1.82) is 0 Å². The summed E-state index contributed by atoms with van der Waals surface area (Å²) in [5.41, 5.74) is 10.0. The molecule has 7 heteroatoms. The molecule has 0 aliphatic carbocycles. The van der Waals surface area contributed by atoms with Crippen molar-refractivity contribution in [2.24, 2.45) is 5.73 Å². The van der Waals surface area contributed by atoms with Crippen LogP contribution in [0.2, 0.25) is 0 Å². The quantitative estimate of drug-likeness (QED) is 0.562. The van der Waals surface area contributed by atoms with Gasteiger partial charge in [0.1, 0.15) is 13.2 Å². The number of halogens is 2. The molecule has 1 amide bonds. The van der Waals surface area contributed by atoms with E-state index in [0.717, 1.165) is 35.7 Å². The number of carbonyl (C=O) groups excluding carboxylic acids is 1. The summed E-state index contributed by atoms with van der Waals surface area (Å²) in [5.74, 6) is -1.04. The summed E-state index contributed by atoms with van der Waals surface area (Å²) in [7, 11) is 0. The molecule has 2 aromatic carbocycles. The number of hydrogen-bond acceptors (Lipinski definition) is 3. The Bertz CT molecular complexity index is 1170. The maximum atomic E-state index is 13.8. The van der Waals surface area contributed by atoms with E-state index >= 15 is 0 Å². The largest absolute Gasteiger partial charge is 0.486 e. The zero-order chi connectivity index (χ0) is 22.8. The lowest BCUT2D eigenvalue weighted by atomic mass is 9.97. The predicted octanol–water partition coefficient (Wildman–Crippen LogP) is 5.00. The lowest BCUT2D eigenvalue weighted by molar-refractivity contribution is 0.1000. The Morgan fingerprint density at radius 1 is 1.06 bits per heavy atom. The SMILES string of the molecule is CCCCc1c(-c2ccc3c(c2)OCCO3)c(C(N)=O)c(C)n1Cc1ccc(F)c(F)c1. The lowest BCUT2D eigenvalue weighted by Crippen LogP contribution is -2.15. The molecule has 0 fully saturated rings. The number of primary amides is 1. The monoisotopic (exact) mass is 440 g/mol. The smallest absolute Gasteiger partial charge is 0.251 e. The molecule has 4 rings (SSSR count). The Morgan fingerprint density at radius 3 is 2.50 bits per heavy atom. The second-order valence-corrected chi connectivity index (χ2v) is 7.94. The predicted molar refractivity (Wildman–Crippen MR) is 118 cm³/mol. The maximum Gasteiger partial charge on any atom is 0.251 e. The van der Waals surface area contributed by atoms with E-state index in [4.69, 9.17) is 15.2 Å². The highest BCUT2D eigenvalue weighted by Gasteiger charge is 2.26. The van der Waals surface area contributed by atoms with Gasteiger partial charge < -0.3 is 19.8 Å². The van der Waals surface area contributed by atoms with E-state index in [1.165, 1.54) is 6.07 Å². The van der Waals surface area contributed by atoms with Gasteiger partial charge in [-0.15, -0.1) is 0 Å². The van der Waals surface area contributed by atoms with Crippen LogP contribution in [0.4, 0.5) is 8.78 Å². The molecule has 1 aliphatic rings. The van der Waals surface area contributed by atoms with Gasteiger partial charge in [-0.3, -0.25) is 4.79 Å². The second kappa shape index (κ2) is 9.02. The summed E-state index contributed by atoms with van der Waals surface area (Å²) >= 11 is 0. The van der Waals surface area contributed by atoms with Gasteiger partial charge in [-0.25, -0.2) is 8.78 Å². The Labute approximate surface area is 185 Å². The highest BCUT2D eigenvalue weighted by atomic mass is 19.2. The third-order valence-electron chi connectivity index (χ3n) is 5.80. The number of carbonyl (C=O) groups is 1. The van der Waals surface area contributed by atoms with Gasteiger partial charge >= 0.3 is 0 Å². The van der Waals surface area contributed by atoms with Crippen LogP contribution in [0.5, 0.6) is 11.5 Å². The summed E-state index contributed by atoms with van der Waals surface area (Å²) < 4.78 is 40.6. The number of ether oxygens (including phenoxy) is 2. The number of fused-ring (bicyclic) bond motifs is 1. The number of nitrogens with two attached hydrogens (primary N) is 1. The summed E-state index contributed by atoms with van der Waals surface area (Å²) in [5, 5.41) is 0. The molecule has 0 spiro atoms. The molecular formula is C25H26F2N2O3. The summed E-state index contributed by atoms with van der Waals surface area (Å²) in [6.07, 6.45) is 2.57. The number of unbranched alkanes of at least 4 members (excludes halogenated alkanes) is 1. The van der Waals surface area contributed by atoms with Crippen LogP contribution in [0.3, 0.4) is 0 Å². The first-order valence-electron chi connectivity index (χ1n) is 10.8. The average molecular weight is 440 g/mol. The molecule has 0 bridgehead atoms. The van der Waals surface area contributed by atoms with Gasteiger partial charge in [-0.1, -0.05) is 25.5 Å².